The number of halogens is 4. The van der Waals surface area contributed by atoms with Crippen molar-refractivity contribution in [3.05, 3.63) is 99.5 Å². The summed E-state index contributed by atoms with van der Waals surface area (Å²) < 4.78 is 72.1. The molecule has 4 aromatic rings. The number of benzene rings is 3. The Morgan fingerprint density at radius 1 is 1.06 bits per heavy atom. The van der Waals surface area contributed by atoms with Crippen LogP contribution < -0.4 is 9.47 Å². The summed E-state index contributed by atoms with van der Waals surface area (Å²) in [7, 11) is 1.32. The molecule has 0 bridgehead atoms. The van der Waals surface area contributed by atoms with E-state index in [1.165, 1.54) is 47.0 Å². The highest BCUT2D eigenvalue weighted by Gasteiger charge is 2.57. The first-order valence-corrected chi connectivity index (χ1v) is 14.9. The van der Waals surface area contributed by atoms with Gasteiger partial charge in [-0.05, 0) is 48.6 Å². The number of β-amino-alcohol motifs (C(OH)–C–C–N with tert-alkyl or cyclic N) is 1. The maximum Gasteiger partial charge on any atom is 0.422 e. The average Bonchev–Trinajstić information content (AvgIpc) is 3.39. The van der Waals surface area contributed by atoms with Gasteiger partial charge in [-0.2, -0.15) is 13.2 Å². The van der Waals surface area contributed by atoms with Crippen molar-refractivity contribution >= 4 is 22.6 Å². The van der Waals surface area contributed by atoms with Gasteiger partial charge in [-0.25, -0.2) is 4.39 Å². The lowest BCUT2D eigenvalue weighted by molar-refractivity contribution is -0.384. The number of carboxylic acids is 1. The normalized spacial score (nSPS) is 15.8. The number of nitro benzene ring substituents is 1. The first-order chi connectivity index (χ1) is 22.3. The third-order valence-electron chi connectivity index (χ3n) is 8.38. The van der Waals surface area contributed by atoms with E-state index in [0.717, 1.165) is 11.6 Å². The van der Waals surface area contributed by atoms with Gasteiger partial charge in [0.1, 0.15) is 6.10 Å². The fourth-order valence-electron chi connectivity index (χ4n) is 5.92. The molecule has 2 N–H and O–H groups in total. The number of ether oxygens (including phenoxy) is 2. The zero-order valence-electron chi connectivity index (χ0n) is 25.4. The summed E-state index contributed by atoms with van der Waals surface area (Å²) in [5.41, 5.74) is -2.69. The molecule has 1 atom stereocenters. The summed E-state index contributed by atoms with van der Waals surface area (Å²) >= 11 is 0. The van der Waals surface area contributed by atoms with Crippen molar-refractivity contribution in [2.24, 2.45) is 0 Å². The Morgan fingerprint density at radius 2 is 1.77 bits per heavy atom. The monoisotopic (exact) mass is 659 g/mol. The number of carbonyl (C=O) groups is 1. The van der Waals surface area contributed by atoms with E-state index in [9.17, 15) is 37.6 Å². The molecule has 0 spiro atoms. The fraction of sp³-hybridized carbons (Fsp3) is 0.364. The van der Waals surface area contributed by atoms with Crippen molar-refractivity contribution < 1.29 is 47.0 Å². The number of methoxy groups -OCH3 is 1. The van der Waals surface area contributed by atoms with E-state index in [0.29, 0.717) is 5.56 Å². The summed E-state index contributed by atoms with van der Waals surface area (Å²) in [6, 6.07) is 15.1. The Balaban J connectivity index is 1.37. The minimum absolute atomic E-state index is 0.0407. The van der Waals surface area contributed by atoms with E-state index in [-0.39, 0.29) is 73.4 Å². The second kappa shape index (κ2) is 13.6. The van der Waals surface area contributed by atoms with Gasteiger partial charge < -0.3 is 24.3 Å². The van der Waals surface area contributed by atoms with E-state index in [2.05, 4.69) is 0 Å². The molecule has 1 aromatic heterocycles. The lowest BCUT2D eigenvalue weighted by Crippen LogP contribution is -2.53. The summed E-state index contributed by atoms with van der Waals surface area (Å²) in [6.45, 7) is -0.494. The molecule has 0 amide bonds. The van der Waals surface area contributed by atoms with E-state index in [1.54, 1.807) is 30.3 Å². The number of hydrogen-bond donors (Lipinski definition) is 2. The Bertz CT molecular complexity index is 1750. The number of fused-ring (bicyclic) bond motifs is 1. The Morgan fingerprint density at radius 3 is 2.38 bits per heavy atom. The molecule has 0 radical (unpaired) electrons. The summed E-state index contributed by atoms with van der Waals surface area (Å²) in [5.74, 6) is -1.87. The van der Waals surface area contributed by atoms with Crippen LogP contribution in [0.25, 0.3) is 10.9 Å². The molecule has 1 fully saturated rings. The van der Waals surface area contributed by atoms with Gasteiger partial charge in [0, 0.05) is 61.9 Å². The molecule has 10 nitrogen and oxygen atoms in total. The van der Waals surface area contributed by atoms with Crippen LogP contribution in [0.2, 0.25) is 0 Å². The number of rotatable bonds is 12. The maximum atomic E-state index is 15.0. The van der Waals surface area contributed by atoms with E-state index in [1.807, 2.05) is 0 Å². The van der Waals surface area contributed by atoms with Gasteiger partial charge in [0.15, 0.2) is 17.3 Å². The van der Waals surface area contributed by atoms with Gasteiger partial charge in [-0.15, -0.1) is 0 Å². The number of carboxylic acid groups (broad SMARTS) is 1. The Labute approximate surface area is 266 Å². The minimum Gasteiger partial charge on any atom is -0.493 e. The van der Waals surface area contributed by atoms with Crippen LogP contribution in [-0.2, 0) is 23.4 Å². The highest BCUT2D eigenvalue weighted by atomic mass is 19.4. The predicted molar refractivity (Wildman–Crippen MR) is 163 cm³/mol. The van der Waals surface area contributed by atoms with Crippen molar-refractivity contribution in [1.29, 1.82) is 0 Å². The summed E-state index contributed by atoms with van der Waals surface area (Å²) in [6.07, 6.45) is -4.12. The molecule has 47 heavy (non-hydrogen) atoms. The average molecular weight is 660 g/mol. The molecule has 0 aliphatic carbocycles. The van der Waals surface area contributed by atoms with Crippen LogP contribution in [0.4, 0.5) is 23.2 Å². The molecular weight excluding hydrogens is 626 g/mol. The highest BCUT2D eigenvalue weighted by molar-refractivity contribution is 5.87. The maximum absolute atomic E-state index is 15.0. The van der Waals surface area contributed by atoms with E-state index >= 15 is 0 Å². The second-order valence-corrected chi connectivity index (χ2v) is 11.6. The molecule has 14 heteroatoms. The first-order valence-electron chi connectivity index (χ1n) is 14.9. The number of nitrogens with zero attached hydrogens (tertiary/aromatic N) is 3. The second-order valence-electron chi connectivity index (χ2n) is 11.6. The smallest absolute Gasteiger partial charge is 0.422 e. The SMILES string of the molecule is COc1cc(CCC(=O)O)cc(F)c1OC1CCN(CC(O)(c2cn(Cc3ccccc3)c3cc([N+](=O)[O-])ccc23)C(F)(F)F)CC1. The number of aliphatic hydroxyl groups is 1. The zero-order valence-corrected chi connectivity index (χ0v) is 25.4. The van der Waals surface area contributed by atoms with Gasteiger partial charge >= 0.3 is 12.1 Å². The van der Waals surface area contributed by atoms with E-state index < -0.39 is 46.7 Å². The lowest BCUT2D eigenvalue weighted by Gasteiger charge is -2.39. The number of piperidine rings is 1. The minimum atomic E-state index is -5.10. The van der Waals surface area contributed by atoms with Crippen LogP contribution in [0.5, 0.6) is 11.5 Å². The van der Waals surface area contributed by atoms with Crippen LogP contribution in [-0.4, -0.2) is 69.6 Å². The van der Waals surface area contributed by atoms with Crippen LogP contribution in [0.15, 0.2) is 66.9 Å². The largest absolute Gasteiger partial charge is 0.493 e. The molecule has 5 rings (SSSR count). The fourth-order valence-corrected chi connectivity index (χ4v) is 5.92. The molecule has 2 heterocycles. The van der Waals surface area contributed by atoms with Gasteiger partial charge in [0.2, 0.25) is 5.60 Å². The molecule has 1 unspecified atom stereocenters. The molecular formula is C33H33F4N3O7. The van der Waals surface area contributed by atoms with Gasteiger partial charge in [0.05, 0.1) is 17.5 Å². The molecule has 250 valence electrons. The zero-order chi connectivity index (χ0) is 33.9. The van der Waals surface area contributed by atoms with Crippen molar-refractivity contribution in [1.82, 2.24) is 9.47 Å². The molecule has 1 saturated heterocycles. The van der Waals surface area contributed by atoms with Gasteiger partial charge in [-0.1, -0.05) is 30.3 Å². The summed E-state index contributed by atoms with van der Waals surface area (Å²) in [5, 5.41) is 32.0. The van der Waals surface area contributed by atoms with Gasteiger partial charge in [0.25, 0.3) is 5.69 Å². The van der Waals surface area contributed by atoms with Gasteiger partial charge in [-0.3, -0.25) is 19.8 Å². The van der Waals surface area contributed by atoms with E-state index in [4.69, 9.17) is 14.6 Å². The van der Waals surface area contributed by atoms with Crippen LogP contribution >= 0.6 is 0 Å². The Hall–Kier alpha value is -4.69. The third-order valence-corrected chi connectivity index (χ3v) is 8.38. The number of likely N-dealkylation sites (tertiary alicyclic amines) is 1. The van der Waals surface area contributed by atoms with Crippen LogP contribution in [0.3, 0.4) is 0 Å². The number of aliphatic carboxylic acids is 1. The first kappa shape index (κ1) is 33.7. The van der Waals surface area contributed by atoms with Crippen molar-refractivity contribution in [2.45, 2.75) is 50.1 Å². The molecule has 3 aromatic carbocycles. The number of aryl methyl sites for hydroxylation is 1. The molecule has 1 aliphatic heterocycles. The van der Waals surface area contributed by atoms with Crippen molar-refractivity contribution in [3.63, 3.8) is 0 Å². The van der Waals surface area contributed by atoms with Crippen LogP contribution in [0, 0.1) is 15.9 Å². The summed E-state index contributed by atoms with van der Waals surface area (Å²) in [4.78, 5) is 23.2. The number of alkyl halides is 3. The van der Waals surface area contributed by atoms with Crippen molar-refractivity contribution in [2.75, 3.05) is 26.7 Å². The highest BCUT2D eigenvalue weighted by Crippen LogP contribution is 2.44. The standard InChI is InChI=1S/C33H33F4N3O7/c1-46-29-16-22(7-10-30(41)42)15-27(34)31(29)47-24-11-13-38(14-12-24)20-32(43,33(35,36)37)26-19-39(18-21-5-3-2-4-6-21)28-17-23(40(44)45)8-9-25(26)28/h2-6,8-9,15-17,19,24,43H,7,10-14,18,20H2,1H3,(H,41,42). The molecule has 1 aliphatic rings. The Kier molecular flexibility index (Phi) is 9.73. The quantitative estimate of drug-likeness (QED) is 0.107. The molecule has 0 saturated carbocycles. The number of hydrogen-bond acceptors (Lipinski definition) is 7. The predicted octanol–water partition coefficient (Wildman–Crippen LogP) is 6.06. The number of nitro groups is 1. The topological polar surface area (TPSA) is 127 Å². The third kappa shape index (κ3) is 7.33. The number of aromatic nitrogens is 1. The van der Waals surface area contributed by atoms with Crippen LogP contribution in [0.1, 0.15) is 36.0 Å². The van der Waals surface area contributed by atoms with Crippen molar-refractivity contribution in [3.8, 4) is 11.5 Å². The number of non-ortho nitro benzene ring substituents is 1. The lowest BCUT2D eigenvalue weighted by atomic mass is 9.91.